The first-order valence-corrected chi connectivity index (χ1v) is 16.8. The Kier molecular flexibility index (Phi) is 8.57. The van der Waals surface area contributed by atoms with E-state index in [-0.39, 0.29) is 48.3 Å². The van der Waals surface area contributed by atoms with Crippen LogP contribution in [0.3, 0.4) is 0 Å². The highest BCUT2D eigenvalue weighted by Crippen LogP contribution is 2.40. The lowest BCUT2D eigenvalue weighted by Crippen LogP contribution is -2.51. The predicted octanol–water partition coefficient (Wildman–Crippen LogP) is 2.92. The molecule has 40 heavy (non-hydrogen) atoms. The molecule has 1 spiro atoms. The summed E-state index contributed by atoms with van der Waals surface area (Å²) in [5.74, 6) is -0.148. The van der Waals surface area contributed by atoms with Crippen molar-refractivity contribution in [3.05, 3.63) is 53.8 Å². The third-order valence-corrected chi connectivity index (χ3v) is 11.9. The fourth-order valence-corrected chi connectivity index (χ4v) is 8.99. The van der Waals surface area contributed by atoms with Gasteiger partial charge >= 0.3 is 0 Å². The second kappa shape index (κ2) is 11.7. The molecule has 220 valence electrons. The van der Waals surface area contributed by atoms with Crippen molar-refractivity contribution in [2.75, 3.05) is 46.4 Å². The molecule has 1 saturated heterocycles. The molecule has 12 heteroatoms. The highest BCUT2D eigenvalue weighted by molar-refractivity contribution is 7.89. The number of nitrogens with zero attached hydrogens (tertiary/aromatic N) is 2. The number of benzene rings is 2. The van der Waals surface area contributed by atoms with Crippen LogP contribution in [0.2, 0.25) is 0 Å². The van der Waals surface area contributed by atoms with E-state index >= 15 is 0 Å². The molecule has 0 aromatic heterocycles. The molecule has 3 aliphatic rings. The highest BCUT2D eigenvalue weighted by atomic mass is 32.2. The van der Waals surface area contributed by atoms with Gasteiger partial charge in [0.25, 0.3) is 0 Å². The predicted molar refractivity (Wildman–Crippen MR) is 149 cm³/mol. The smallest absolute Gasteiger partial charge is 0.245 e. The van der Waals surface area contributed by atoms with Gasteiger partial charge in [-0.05, 0) is 68.5 Å². The summed E-state index contributed by atoms with van der Waals surface area (Å²) in [7, 11) is -6.11. The number of rotatable bonds is 3. The molecular formula is C28H38FN3O6S2. The van der Waals surface area contributed by atoms with Gasteiger partial charge in [0, 0.05) is 38.1 Å². The number of aliphatic hydroxyl groups is 1. The van der Waals surface area contributed by atoms with Crippen LogP contribution in [-0.2, 0) is 20.0 Å². The number of likely N-dealkylation sites (N-methyl/N-ethyl adjacent to an activating group) is 1. The van der Waals surface area contributed by atoms with Crippen LogP contribution in [0.1, 0.15) is 50.0 Å². The Bertz CT molecular complexity index is 1420. The summed E-state index contributed by atoms with van der Waals surface area (Å²) < 4.78 is 77.5. The van der Waals surface area contributed by atoms with E-state index in [1.54, 1.807) is 6.07 Å². The Balaban J connectivity index is 1.44. The number of ether oxygens (including phenoxy) is 1. The zero-order valence-electron chi connectivity index (χ0n) is 22.8. The molecule has 2 aromatic rings. The number of β-amino-alcohol motifs (C(OH)–C–C–N with tert-alkyl or cyclic N) is 1. The first-order valence-electron chi connectivity index (χ1n) is 13.9. The molecule has 1 atom stereocenters. The van der Waals surface area contributed by atoms with Gasteiger partial charge in [0.1, 0.15) is 21.4 Å². The number of hydrogen-bond acceptors (Lipinski definition) is 7. The third-order valence-electron chi connectivity index (χ3n) is 8.49. The first kappa shape index (κ1) is 29.4. The molecule has 2 aliphatic heterocycles. The van der Waals surface area contributed by atoms with Gasteiger partial charge in [-0.1, -0.05) is 31.0 Å². The lowest BCUT2D eigenvalue weighted by molar-refractivity contribution is 0.0318. The quantitative estimate of drug-likeness (QED) is 0.561. The fourth-order valence-electron chi connectivity index (χ4n) is 6.29. The zero-order chi connectivity index (χ0) is 28.5. The van der Waals surface area contributed by atoms with E-state index in [1.165, 1.54) is 22.5 Å². The van der Waals surface area contributed by atoms with Crippen molar-refractivity contribution < 1.29 is 31.1 Å². The van der Waals surface area contributed by atoms with Crippen LogP contribution in [0.25, 0.3) is 0 Å². The van der Waals surface area contributed by atoms with E-state index in [1.807, 2.05) is 24.1 Å². The molecule has 1 unspecified atom stereocenters. The van der Waals surface area contributed by atoms with Crippen molar-refractivity contribution in [1.29, 1.82) is 0 Å². The van der Waals surface area contributed by atoms with Gasteiger partial charge in [0.2, 0.25) is 20.0 Å². The van der Waals surface area contributed by atoms with Gasteiger partial charge in [0.05, 0.1) is 12.7 Å². The van der Waals surface area contributed by atoms with Crippen molar-refractivity contribution in [2.24, 2.45) is 5.41 Å². The SMILES string of the molecule is CN1CC(O)CNS(=O)(=O)c2ccc(C3CCCC3)cc2OCC2(CCN(S(=O)(=O)c3ccccc3F)CC2)C1. The van der Waals surface area contributed by atoms with Crippen molar-refractivity contribution in [3.8, 4) is 5.75 Å². The summed E-state index contributed by atoms with van der Waals surface area (Å²) in [4.78, 5) is 1.62. The van der Waals surface area contributed by atoms with Gasteiger partial charge in [-0.3, -0.25) is 0 Å². The maximum Gasteiger partial charge on any atom is 0.245 e. The van der Waals surface area contributed by atoms with Gasteiger partial charge in [-0.25, -0.2) is 25.9 Å². The fraction of sp³-hybridized carbons (Fsp3) is 0.571. The Hall–Kier alpha value is -2.09. The lowest BCUT2D eigenvalue weighted by Gasteiger charge is -2.43. The highest BCUT2D eigenvalue weighted by Gasteiger charge is 2.41. The van der Waals surface area contributed by atoms with E-state index in [0.29, 0.717) is 25.3 Å². The monoisotopic (exact) mass is 595 g/mol. The Morgan fingerprint density at radius 1 is 1.10 bits per heavy atom. The first-order chi connectivity index (χ1) is 19.0. The van der Waals surface area contributed by atoms with Crippen LogP contribution in [0, 0.1) is 11.2 Å². The largest absolute Gasteiger partial charge is 0.492 e. The molecule has 2 N–H and O–H groups in total. The number of aliphatic hydroxyl groups excluding tert-OH is 1. The van der Waals surface area contributed by atoms with Crippen molar-refractivity contribution in [2.45, 2.75) is 60.3 Å². The molecule has 1 saturated carbocycles. The number of fused-ring (bicyclic) bond motifs is 1. The maximum absolute atomic E-state index is 14.4. The van der Waals surface area contributed by atoms with Crippen LogP contribution in [0.5, 0.6) is 5.75 Å². The summed E-state index contributed by atoms with van der Waals surface area (Å²) in [5, 5.41) is 10.6. The van der Waals surface area contributed by atoms with Gasteiger partial charge < -0.3 is 14.7 Å². The van der Waals surface area contributed by atoms with E-state index < -0.39 is 37.4 Å². The minimum atomic E-state index is -4.01. The summed E-state index contributed by atoms with van der Waals surface area (Å²) >= 11 is 0. The molecule has 0 radical (unpaired) electrons. The van der Waals surface area contributed by atoms with E-state index in [9.17, 15) is 26.3 Å². The normalized spacial score (nSPS) is 25.0. The lowest BCUT2D eigenvalue weighted by atomic mass is 9.79. The Labute approximate surface area is 236 Å². The minimum Gasteiger partial charge on any atom is -0.492 e. The summed E-state index contributed by atoms with van der Waals surface area (Å²) in [5.41, 5.74) is 0.544. The van der Waals surface area contributed by atoms with Crippen LogP contribution >= 0.6 is 0 Å². The topological polar surface area (TPSA) is 116 Å². The second-order valence-corrected chi connectivity index (χ2v) is 15.2. The van der Waals surface area contributed by atoms with Crippen LogP contribution in [-0.4, -0.2) is 83.6 Å². The van der Waals surface area contributed by atoms with E-state index in [2.05, 4.69) is 4.72 Å². The average Bonchev–Trinajstić information content (AvgIpc) is 3.46. The van der Waals surface area contributed by atoms with Crippen LogP contribution in [0.4, 0.5) is 4.39 Å². The summed E-state index contributed by atoms with van der Waals surface area (Å²) in [6.45, 7) is 1.13. The second-order valence-electron chi connectivity index (χ2n) is 11.5. The molecule has 1 aliphatic carbocycles. The van der Waals surface area contributed by atoms with Gasteiger partial charge in [-0.2, -0.15) is 4.31 Å². The molecule has 0 bridgehead atoms. The molecule has 9 nitrogen and oxygen atoms in total. The number of piperidine rings is 1. The Morgan fingerprint density at radius 2 is 1.80 bits per heavy atom. The zero-order valence-corrected chi connectivity index (χ0v) is 24.4. The molecule has 0 amide bonds. The molecule has 2 heterocycles. The van der Waals surface area contributed by atoms with Crippen molar-refractivity contribution in [1.82, 2.24) is 13.9 Å². The minimum absolute atomic E-state index is 0.0325. The number of nitrogens with one attached hydrogen (secondary N) is 1. The molecular weight excluding hydrogens is 557 g/mol. The van der Waals surface area contributed by atoms with E-state index in [4.69, 9.17) is 4.74 Å². The molecule has 2 aromatic carbocycles. The van der Waals surface area contributed by atoms with Crippen LogP contribution < -0.4 is 9.46 Å². The van der Waals surface area contributed by atoms with Crippen LogP contribution in [0.15, 0.2) is 52.3 Å². The standard InChI is InChI=1S/C28H38FN3O6S2/c1-31-18-23(33)17-30-39(34,35)27-11-10-22(21-6-2-3-7-21)16-25(27)38-20-28(19-31)12-14-32(15-13-28)40(36,37)26-9-5-4-8-24(26)29/h4-5,8-11,16,21,23,30,33H,2-3,6-7,12-15,17-20H2,1H3. The summed E-state index contributed by atoms with van der Waals surface area (Å²) in [6.07, 6.45) is 4.33. The number of sulfonamides is 2. The van der Waals surface area contributed by atoms with Crippen molar-refractivity contribution in [3.63, 3.8) is 0 Å². The Morgan fingerprint density at radius 3 is 2.50 bits per heavy atom. The maximum atomic E-state index is 14.4. The third kappa shape index (κ3) is 6.22. The van der Waals surface area contributed by atoms with E-state index in [0.717, 1.165) is 37.3 Å². The van der Waals surface area contributed by atoms with Gasteiger partial charge in [-0.15, -0.1) is 0 Å². The number of halogens is 1. The molecule has 5 rings (SSSR count). The van der Waals surface area contributed by atoms with Gasteiger partial charge in [0.15, 0.2) is 0 Å². The summed E-state index contributed by atoms with van der Waals surface area (Å²) in [6, 6.07) is 10.7. The molecule has 2 fully saturated rings. The average molecular weight is 596 g/mol. The number of hydrogen-bond donors (Lipinski definition) is 2. The van der Waals surface area contributed by atoms with Crippen molar-refractivity contribution >= 4 is 20.0 Å².